The van der Waals surface area contributed by atoms with Crippen LogP contribution in [0.4, 0.5) is 0 Å². The number of benzene rings is 1. The number of thioether (sulfide) groups is 1. The largest absolute Gasteiger partial charge is 0.497 e. The highest BCUT2D eigenvalue weighted by molar-refractivity contribution is 7.98. The highest BCUT2D eigenvalue weighted by Gasteiger charge is 2.10. The Hall–Kier alpha value is -2.80. The smallest absolute Gasteiger partial charge is 0.234 e. The van der Waals surface area contributed by atoms with Gasteiger partial charge in [0.1, 0.15) is 5.75 Å². The second-order valence-corrected chi connectivity index (χ2v) is 6.95. The highest BCUT2D eigenvalue weighted by Crippen LogP contribution is 2.25. The molecule has 0 N–H and O–H groups in total. The zero-order chi connectivity index (χ0) is 18.1. The number of aryl methyl sites for hydroxylation is 2. The summed E-state index contributed by atoms with van der Waals surface area (Å²) in [6.07, 6.45) is 5.80. The van der Waals surface area contributed by atoms with Gasteiger partial charge >= 0.3 is 0 Å². The summed E-state index contributed by atoms with van der Waals surface area (Å²) in [5.74, 6) is 2.29. The number of rotatable bonds is 5. The van der Waals surface area contributed by atoms with E-state index in [1.54, 1.807) is 25.1 Å². The summed E-state index contributed by atoms with van der Waals surface area (Å²) in [5, 5.41) is 0.913. The van der Waals surface area contributed by atoms with Gasteiger partial charge in [0.15, 0.2) is 5.16 Å². The summed E-state index contributed by atoms with van der Waals surface area (Å²) in [5.41, 5.74) is 4.12. The Morgan fingerprint density at radius 3 is 2.88 bits per heavy atom. The minimum Gasteiger partial charge on any atom is -0.497 e. The third kappa shape index (κ3) is 3.17. The summed E-state index contributed by atoms with van der Waals surface area (Å²) < 4.78 is 9.39. The van der Waals surface area contributed by atoms with Crippen LogP contribution < -0.4 is 4.74 Å². The lowest BCUT2D eigenvalue weighted by Crippen LogP contribution is -1.96. The third-order valence-electron chi connectivity index (χ3n) is 4.10. The first kappa shape index (κ1) is 16.7. The highest BCUT2D eigenvalue weighted by atomic mass is 32.2. The topological polar surface area (TPSA) is 57.2 Å². The van der Waals surface area contributed by atoms with Crippen LogP contribution in [0.2, 0.25) is 0 Å². The van der Waals surface area contributed by atoms with Gasteiger partial charge in [0.25, 0.3) is 0 Å². The number of nitrogens with zero attached hydrogens (tertiary/aromatic N) is 5. The summed E-state index contributed by atoms with van der Waals surface area (Å²) in [4.78, 5) is 13.6. The molecular weight excluding hydrogens is 346 g/mol. The molecular formula is C19H19N5OS. The van der Waals surface area contributed by atoms with Crippen molar-refractivity contribution in [3.63, 3.8) is 0 Å². The van der Waals surface area contributed by atoms with E-state index in [0.29, 0.717) is 0 Å². The number of fused-ring (bicyclic) bond motifs is 1. The first-order valence-electron chi connectivity index (χ1n) is 8.27. The van der Waals surface area contributed by atoms with Crippen LogP contribution in [0.5, 0.6) is 5.75 Å². The van der Waals surface area contributed by atoms with Crippen LogP contribution >= 0.6 is 11.8 Å². The van der Waals surface area contributed by atoms with Gasteiger partial charge in [-0.15, -0.1) is 0 Å². The van der Waals surface area contributed by atoms with Gasteiger partial charge in [-0.3, -0.25) is 8.97 Å². The molecule has 0 amide bonds. The van der Waals surface area contributed by atoms with Crippen LogP contribution in [-0.4, -0.2) is 31.0 Å². The Bertz CT molecular complexity index is 1070. The molecule has 0 aliphatic rings. The van der Waals surface area contributed by atoms with Crippen molar-refractivity contribution in [2.24, 2.45) is 0 Å². The monoisotopic (exact) mass is 365 g/mol. The van der Waals surface area contributed by atoms with Crippen LogP contribution in [0.3, 0.4) is 0 Å². The van der Waals surface area contributed by atoms with Crippen LogP contribution in [0, 0.1) is 13.8 Å². The van der Waals surface area contributed by atoms with Gasteiger partial charge in [-0.05, 0) is 32.0 Å². The molecule has 7 heteroatoms. The second-order valence-electron chi connectivity index (χ2n) is 6.01. The maximum absolute atomic E-state index is 5.32. The Morgan fingerprint density at radius 2 is 2.04 bits per heavy atom. The van der Waals surface area contributed by atoms with Gasteiger partial charge in [-0.1, -0.05) is 17.8 Å². The molecule has 0 saturated carbocycles. The Labute approximate surface area is 155 Å². The first-order valence-corrected chi connectivity index (χ1v) is 9.25. The number of hydrogen-bond donors (Lipinski definition) is 0. The van der Waals surface area contributed by atoms with Crippen LogP contribution in [0.15, 0.2) is 54.1 Å². The van der Waals surface area contributed by atoms with Crippen molar-refractivity contribution in [3.8, 4) is 11.4 Å². The normalized spacial score (nSPS) is 11.2. The van der Waals surface area contributed by atoms with E-state index in [1.165, 1.54) is 0 Å². The van der Waals surface area contributed by atoms with Crippen molar-refractivity contribution in [2.45, 2.75) is 24.8 Å². The van der Waals surface area contributed by atoms with Crippen LogP contribution in [0.1, 0.15) is 17.1 Å². The molecule has 0 aliphatic carbocycles. The Kier molecular flexibility index (Phi) is 4.38. The summed E-state index contributed by atoms with van der Waals surface area (Å²) in [6.45, 7) is 4.05. The molecule has 3 heterocycles. The molecule has 26 heavy (non-hydrogen) atoms. The first-order chi connectivity index (χ1) is 12.6. The molecule has 0 bridgehead atoms. The van der Waals surface area contributed by atoms with E-state index >= 15 is 0 Å². The molecule has 0 spiro atoms. The minimum atomic E-state index is 0.725. The van der Waals surface area contributed by atoms with E-state index in [9.17, 15) is 0 Å². The van der Waals surface area contributed by atoms with E-state index in [0.717, 1.165) is 45.2 Å². The number of imidazole rings is 2. The molecule has 0 unspecified atom stereocenters. The Morgan fingerprint density at radius 1 is 1.15 bits per heavy atom. The van der Waals surface area contributed by atoms with E-state index in [2.05, 4.69) is 32.5 Å². The van der Waals surface area contributed by atoms with Gasteiger partial charge in [0.2, 0.25) is 5.78 Å². The molecule has 6 nitrogen and oxygen atoms in total. The average Bonchev–Trinajstić information content (AvgIpc) is 3.26. The second kappa shape index (κ2) is 6.84. The van der Waals surface area contributed by atoms with Crippen molar-refractivity contribution in [1.29, 1.82) is 0 Å². The van der Waals surface area contributed by atoms with E-state index in [-0.39, 0.29) is 0 Å². The molecule has 0 fully saturated rings. The van der Waals surface area contributed by atoms with Crippen molar-refractivity contribution in [1.82, 2.24) is 23.9 Å². The lowest BCUT2D eigenvalue weighted by molar-refractivity contribution is 0.414. The molecule has 1 aromatic carbocycles. The average molecular weight is 365 g/mol. The fourth-order valence-electron chi connectivity index (χ4n) is 2.88. The quantitative estimate of drug-likeness (QED) is 0.503. The lowest BCUT2D eigenvalue weighted by atomic mass is 10.3. The minimum absolute atomic E-state index is 0.725. The number of ether oxygens (including phenoxy) is 1. The van der Waals surface area contributed by atoms with Crippen LogP contribution in [0.25, 0.3) is 11.5 Å². The molecule has 4 aromatic rings. The summed E-state index contributed by atoms with van der Waals surface area (Å²) >= 11 is 1.65. The number of aromatic nitrogens is 5. The summed E-state index contributed by atoms with van der Waals surface area (Å²) in [6, 6.07) is 9.99. The van der Waals surface area contributed by atoms with Gasteiger partial charge in [-0.2, -0.15) is 0 Å². The molecule has 0 atom stereocenters. The van der Waals surface area contributed by atoms with Crippen molar-refractivity contribution >= 4 is 17.5 Å². The fourth-order valence-corrected chi connectivity index (χ4v) is 3.74. The standard InChI is InChI=1S/C19H19N5OS/c1-13-9-14(2)24-11-15(22-18(24)21-13)12-26-19-20-7-8-23(19)16-5-4-6-17(10-16)25-3/h4-11H,12H2,1-3H3. The molecule has 0 radical (unpaired) electrons. The summed E-state index contributed by atoms with van der Waals surface area (Å²) in [7, 11) is 1.67. The van der Waals surface area contributed by atoms with E-state index < -0.39 is 0 Å². The van der Waals surface area contributed by atoms with E-state index in [1.807, 2.05) is 48.0 Å². The molecule has 0 saturated heterocycles. The van der Waals surface area contributed by atoms with Gasteiger partial charge in [-0.25, -0.2) is 15.0 Å². The Balaban J connectivity index is 1.58. The maximum Gasteiger partial charge on any atom is 0.234 e. The predicted octanol–water partition coefficient (Wildman–Crippen LogP) is 3.83. The zero-order valence-corrected chi connectivity index (χ0v) is 15.7. The molecule has 4 rings (SSSR count). The molecule has 132 valence electrons. The number of methoxy groups -OCH3 is 1. The van der Waals surface area contributed by atoms with Crippen molar-refractivity contribution < 1.29 is 4.74 Å². The van der Waals surface area contributed by atoms with Crippen molar-refractivity contribution in [3.05, 3.63) is 66.0 Å². The zero-order valence-electron chi connectivity index (χ0n) is 14.9. The third-order valence-corrected chi connectivity index (χ3v) is 5.10. The van der Waals surface area contributed by atoms with Gasteiger partial charge in [0.05, 0.1) is 18.5 Å². The molecule has 3 aromatic heterocycles. The maximum atomic E-state index is 5.32. The lowest BCUT2D eigenvalue weighted by Gasteiger charge is -2.08. The SMILES string of the molecule is COc1cccc(-n2ccnc2SCc2cn3c(C)cc(C)nc3n2)c1. The predicted molar refractivity (Wildman–Crippen MR) is 102 cm³/mol. The van der Waals surface area contributed by atoms with Crippen molar-refractivity contribution in [2.75, 3.05) is 7.11 Å². The number of hydrogen-bond acceptors (Lipinski definition) is 5. The van der Waals surface area contributed by atoms with Gasteiger partial charge in [0, 0.05) is 41.8 Å². The van der Waals surface area contributed by atoms with Gasteiger partial charge < -0.3 is 4.74 Å². The van der Waals surface area contributed by atoms with Crippen LogP contribution in [-0.2, 0) is 5.75 Å². The van der Waals surface area contributed by atoms with E-state index in [4.69, 9.17) is 4.74 Å². The molecule has 0 aliphatic heterocycles. The fraction of sp³-hybridized carbons (Fsp3) is 0.211.